The van der Waals surface area contributed by atoms with Gasteiger partial charge in [-0.05, 0) is 106 Å². The van der Waals surface area contributed by atoms with Gasteiger partial charge < -0.3 is 47.9 Å². The fraction of sp³-hybridized carbons (Fsp3) is 0.566. The number of nitrogens with zero attached hydrogens (tertiary/aromatic N) is 6. The van der Waals surface area contributed by atoms with Gasteiger partial charge in [0.1, 0.15) is 47.8 Å². The molecule has 19 heteroatoms. The number of methoxy groups -OCH3 is 1. The molecular formula is C53H66Cl2N6O10S. The maximum atomic E-state index is 13.4. The number of fused-ring (bicyclic) bond motifs is 7. The number of piperazine rings is 1. The monoisotopic (exact) mass is 1050 g/mol. The third-order valence-corrected chi connectivity index (χ3v) is 16.5. The van der Waals surface area contributed by atoms with E-state index in [-0.39, 0.29) is 43.5 Å². The van der Waals surface area contributed by atoms with Crippen LogP contribution in [0.15, 0.2) is 36.8 Å². The molecular weight excluding hydrogens is 984 g/mol. The summed E-state index contributed by atoms with van der Waals surface area (Å²) in [6, 6.07) is 7.30. The summed E-state index contributed by atoms with van der Waals surface area (Å²) in [5, 5.41) is 12.4. The molecule has 2 saturated carbocycles. The zero-order valence-electron chi connectivity index (χ0n) is 41.7. The summed E-state index contributed by atoms with van der Waals surface area (Å²) in [6.45, 7) is 11.7. The van der Waals surface area contributed by atoms with Crippen molar-refractivity contribution >= 4 is 50.7 Å². The molecule has 72 heavy (non-hydrogen) atoms. The number of rotatable bonds is 18. The molecule has 4 bridgehead atoms. The molecule has 0 radical (unpaired) electrons. The molecule has 0 spiro atoms. The number of carboxylic acids is 1. The molecule has 1 N–H and O–H groups in total. The Bertz CT molecular complexity index is 2610. The van der Waals surface area contributed by atoms with Crippen molar-refractivity contribution in [1.82, 2.24) is 29.7 Å². The van der Waals surface area contributed by atoms with Crippen molar-refractivity contribution in [2.45, 2.75) is 102 Å². The Morgan fingerprint density at radius 1 is 0.861 bits per heavy atom. The number of aromatic nitrogens is 4. The Balaban J connectivity index is 0.972. The highest BCUT2D eigenvalue weighted by Crippen LogP contribution is 2.54. The molecule has 3 aromatic heterocycles. The lowest BCUT2D eigenvalue weighted by molar-refractivity contribution is -0.145. The minimum absolute atomic E-state index is 0.0662. The van der Waals surface area contributed by atoms with Crippen LogP contribution in [0.1, 0.15) is 89.9 Å². The van der Waals surface area contributed by atoms with Crippen LogP contribution in [0.4, 0.5) is 0 Å². The highest BCUT2D eigenvalue weighted by atomic mass is 35.5. The molecule has 3 fully saturated rings. The highest BCUT2D eigenvalue weighted by molar-refractivity contribution is 7.19. The summed E-state index contributed by atoms with van der Waals surface area (Å²) in [4.78, 5) is 38.9. The van der Waals surface area contributed by atoms with E-state index in [9.17, 15) is 9.90 Å². The zero-order valence-corrected chi connectivity index (χ0v) is 44.0. The summed E-state index contributed by atoms with van der Waals surface area (Å²) < 4.78 is 48.8. The van der Waals surface area contributed by atoms with Crippen molar-refractivity contribution < 1.29 is 47.8 Å². The maximum Gasteiger partial charge on any atom is 0.345 e. The molecule has 0 unspecified atom stereocenters. The largest absolute Gasteiger partial charge is 0.490 e. The van der Waals surface area contributed by atoms with Crippen LogP contribution in [0.3, 0.4) is 0 Å². The SMILES string of the molecule is COCCOCCOCCO[C@H]1CC[C@H](c2nccc(COc3ccc4cc3C[C@H](C(=O)O)Oc3ncnc5sc(C6CCC6)c(c35)-c3c(C)c(Cl)c(c(Cl)c3C)O[C@H](CN3CCN(C)CC3)CO4)n2)CC1. The number of benzene rings is 2. The van der Waals surface area contributed by atoms with Crippen LogP contribution in [0, 0.1) is 13.8 Å². The van der Waals surface area contributed by atoms with Gasteiger partial charge in [0.15, 0.2) is 5.75 Å². The average molecular weight is 1050 g/mol. The quantitative estimate of drug-likeness (QED) is 0.0824. The number of carboxylic acid groups (broad SMARTS) is 1. The highest BCUT2D eigenvalue weighted by Gasteiger charge is 2.35. The van der Waals surface area contributed by atoms with Crippen LogP contribution in [0.25, 0.3) is 21.3 Å². The molecule has 10 rings (SSSR count). The van der Waals surface area contributed by atoms with Crippen LogP contribution in [0.5, 0.6) is 23.1 Å². The Morgan fingerprint density at radius 3 is 2.31 bits per heavy atom. The number of ether oxygens (including phenoxy) is 8. The third kappa shape index (κ3) is 12.6. The summed E-state index contributed by atoms with van der Waals surface area (Å²) in [5.41, 5.74) is 4.58. The fourth-order valence-electron chi connectivity index (χ4n) is 9.96. The van der Waals surface area contributed by atoms with Gasteiger partial charge in [-0.1, -0.05) is 29.6 Å². The Kier molecular flexibility index (Phi) is 18.0. The lowest BCUT2D eigenvalue weighted by atomic mass is 9.80. The number of halogens is 2. The van der Waals surface area contributed by atoms with E-state index in [0.29, 0.717) is 95.0 Å². The first kappa shape index (κ1) is 52.4. The molecule has 5 aromatic rings. The molecule has 2 aliphatic carbocycles. The Morgan fingerprint density at radius 2 is 1.60 bits per heavy atom. The Labute approximate surface area is 435 Å². The number of thiophene rings is 1. The molecule has 6 heterocycles. The normalized spacial score (nSPS) is 21.1. The third-order valence-electron chi connectivity index (χ3n) is 14.3. The lowest BCUT2D eigenvalue weighted by Gasteiger charge is -2.35. The van der Waals surface area contributed by atoms with Gasteiger partial charge in [-0.3, -0.25) is 4.90 Å². The first-order valence-corrected chi connectivity index (χ1v) is 26.8. The van der Waals surface area contributed by atoms with Crippen LogP contribution in [-0.2, 0) is 36.8 Å². The number of likely N-dealkylation sites (N-methyl/N-ethyl adjacent to an activating group) is 1. The van der Waals surface area contributed by atoms with Gasteiger partial charge in [0, 0.05) is 74.4 Å². The van der Waals surface area contributed by atoms with Gasteiger partial charge in [0.2, 0.25) is 12.0 Å². The van der Waals surface area contributed by atoms with E-state index in [0.717, 1.165) is 104 Å². The number of aliphatic carboxylic acids is 1. The van der Waals surface area contributed by atoms with Gasteiger partial charge in [-0.2, -0.15) is 0 Å². The van der Waals surface area contributed by atoms with Gasteiger partial charge in [0.05, 0.1) is 66.9 Å². The van der Waals surface area contributed by atoms with E-state index in [1.165, 1.54) is 6.33 Å². The Hall–Kier alpha value is -4.43. The van der Waals surface area contributed by atoms with E-state index < -0.39 is 18.2 Å². The fourth-order valence-corrected chi connectivity index (χ4v) is 11.8. The van der Waals surface area contributed by atoms with Gasteiger partial charge in [-0.15, -0.1) is 11.3 Å². The van der Waals surface area contributed by atoms with E-state index >= 15 is 0 Å². The van der Waals surface area contributed by atoms with Crippen molar-refractivity contribution in [3.8, 4) is 34.3 Å². The van der Waals surface area contributed by atoms with E-state index in [1.807, 2.05) is 38.1 Å². The smallest absolute Gasteiger partial charge is 0.345 e. The van der Waals surface area contributed by atoms with Crippen LogP contribution < -0.4 is 18.9 Å². The molecule has 16 nitrogen and oxygen atoms in total. The van der Waals surface area contributed by atoms with Crippen molar-refractivity contribution in [1.29, 1.82) is 0 Å². The van der Waals surface area contributed by atoms with Gasteiger partial charge >= 0.3 is 5.97 Å². The maximum absolute atomic E-state index is 13.4. The predicted octanol–water partition coefficient (Wildman–Crippen LogP) is 9.10. The first-order chi connectivity index (χ1) is 35.0. The second kappa shape index (κ2) is 24.7. The summed E-state index contributed by atoms with van der Waals surface area (Å²) in [5.74, 6) is 1.65. The topological polar surface area (TPSA) is 169 Å². The standard InChI is InChI=1S/C53H66Cl2N6O10S/c1-32-43-33(2)47(55)48(46(32)54)70-40(28-61-18-16-60(3)17-19-61)30-68-39-12-13-41(36(26-39)27-42(53(62)63)71-51-45-44(43)49(34-6-5-7-34)72-52(45)58-31-57-51)69-29-37-14-15-56-50(59-37)35-8-10-38(11-9-35)67-25-24-66-23-22-65-21-20-64-4/h12-15,26,31,34-35,38,40,42H,5-11,16-25,27-30H2,1-4H3,(H,62,63)/t35-,38-,40-,42-/m1/s1. The predicted molar refractivity (Wildman–Crippen MR) is 276 cm³/mol. The molecule has 3 aliphatic heterocycles. The average Bonchev–Trinajstić information content (AvgIpc) is 3.74. The zero-order chi connectivity index (χ0) is 50.1. The number of hydrogen-bond donors (Lipinski definition) is 1. The molecule has 388 valence electrons. The molecule has 0 amide bonds. The van der Waals surface area contributed by atoms with E-state index in [1.54, 1.807) is 24.6 Å². The van der Waals surface area contributed by atoms with Crippen molar-refractivity contribution in [2.75, 3.05) is 93.1 Å². The lowest BCUT2D eigenvalue weighted by Crippen LogP contribution is -2.49. The van der Waals surface area contributed by atoms with Gasteiger partial charge in [-0.25, -0.2) is 24.7 Å². The summed E-state index contributed by atoms with van der Waals surface area (Å²) in [6.07, 6.45) is 8.25. The minimum Gasteiger partial charge on any atom is -0.490 e. The summed E-state index contributed by atoms with van der Waals surface area (Å²) >= 11 is 16.3. The second-order valence-corrected chi connectivity index (χ2v) is 21.0. The first-order valence-electron chi connectivity index (χ1n) is 25.2. The molecule has 2 aromatic carbocycles. The van der Waals surface area contributed by atoms with Crippen LogP contribution in [0.2, 0.25) is 10.0 Å². The number of hydrogen-bond acceptors (Lipinski definition) is 16. The number of carbonyl (C=O) groups is 1. The molecule has 1 saturated heterocycles. The minimum atomic E-state index is -1.37. The van der Waals surface area contributed by atoms with Gasteiger partial charge in [0.25, 0.3) is 0 Å². The van der Waals surface area contributed by atoms with E-state index in [4.69, 9.17) is 71.1 Å². The van der Waals surface area contributed by atoms with E-state index in [2.05, 4.69) is 26.8 Å². The van der Waals surface area contributed by atoms with Crippen LogP contribution in [-0.4, -0.2) is 152 Å². The molecule has 2 atom stereocenters. The second-order valence-electron chi connectivity index (χ2n) is 19.2. The van der Waals surface area contributed by atoms with Crippen molar-refractivity contribution in [3.05, 3.63) is 79.9 Å². The summed E-state index contributed by atoms with van der Waals surface area (Å²) in [7, 11) is 3.78. The van der Waals surface area contributed by atoms with Crippen molar-refractivity contribution in [2.24, 2.45) is 0 Å². The van der Waals surface area contributed by atoms with Crippen LogP contribution >= 0.6 is 34.5 Å². The van der Waals surface area contributed by atoms with Crippen molar-refractivity contribution in [3.63, 3.8) is 0 Å². The molecule has 5 aliphatic rings.